The van der Waals surface area contributed by atoms with Crippen molar-refractivity contribution in [3.63, 3.8) is 0 Å². The summed E-state index contributed by atoms with van der Waals surface area (Å²) in [6.07, 6.45) is 0.589. The van der Waals surface area contributed by atoms with Gasteiger partial charge in [-0.25, -0.2) is 0 Å². The van der Waals surface area contributed by atoms with Crippen molar-refractivity contribution >= 4 is 11.6 Å². The zero-order chi connectivity index (χ0) is 15.0. The van der Waals surface area contributed by atoms with Crippen molar-refractivity contribution in [1.29, 1.82) is 0 Å². The van der Waals surface area contributed by atoms with Gasteiger partial charge in [-0.2, -0.15) is 0 Å². The van der Waals surface area contributed by atoms with E-state index < -0.39 is 0 Å². The Bertz CT molecular complexity index is 453. The molecule has 0 saturated carbocycles. The van der Waals surface area contributed by atoms with Crippen LogP contribution in [0.4, 0.5) is 0 Å². The molecule has 1 rings (SSSR count). The smallest absolute Gasteiger partial charge is 0.257 e. The van der Waals surface area contributed by atoms with Gasteiger partial charge in [-0.05, 0) is 30.5 Å². The minimum absolute atomic E-state index is 0.0171. The number of carbonyl (C=O) groups is 1. The molecule has 0 radical (unpaired) electrons. The third-order valence-electron chi connectivity index (χ3n) is 2.63. The third kappa shape index (κ3) is 6.22. The number of carbonyl (C=O) groups excluding carboxylic acids is 1. The molecule has 1 aromatic carbocycles. The molecule has 0 fully saturated rings. The van der Waals surface area contributed by atoms with E-state index in [0.717, 1.165) is 5.56 Å². The molecular weight excluding hydrogens is 256 g/mol. The molecule has 0 atom stereocenters. The average molecular weight is 278 g/mol. The Morgan fingerprint density at radius 2 is 2.00 bits per heavy atom. The predicted molar refractivity (Wildman–Crippen MR) is 78.4 cm³/mol. The molecule has 0 aliphatic heterocycles. The molecule has 0 aliphatic carbocycles. The molecule has 0 aliphatic rings. The summed E-state index contributed by atoms with van der Waals surface area (Å²) < 4.78 is 5.39. The van der Waals surface area contributed by atoms with Gasteiger partial charge in [0.25, 0.3) is 5.91 Å². The van der Waals surface area contributed by atoms with Crippen LogP contribution >= 0.6 is 0 Å². The van der Waals surface area contributed by atoms with Crippen LogP contribution in [-0.4, -0.2) is 30.0 Å². The van der Waals surface area contributed by atoms with Crippen molar-refractivity contribution in [2.75, 3.05) is 13.2 Å². The number of rotatable bonds is 7. The van der Waals surface area contributed by atoms with Crippen molar-refractivity contribution < 1.29 is 14.7 Å². The van der Waals surface area contributed by atoms with E-state index in [0.29, 0.717) is 30.3 Å². The van der Waals surface area contributed by atoms with Crippen molar-refractivity contribution in [3.05, 3.63) is 29.8 Å². The fourth-order valence-corrected chi connectivity index (χ4v) is 1.55. The number of nitrogens with one attached hydrogen (secondary N) is 1. The largest absolute Gasteiger partial charge is 0.484 e. The molecule has 20 heavy (non-hydrogen) atoms. The van der Waals surface area contributed by atoms with Gasteiger partial charge < -0.3 is 15.3 Å². The maximum absolute atomic E-state index is 11.5. The molecule has 1 aromatic rings. The number of amides is 1. The number of ether oxygens (including phenoxy) is 1. The van der Waals surface area contributed by atoms with Crippen molar-refractivity contribution in [2.45, 2.75) is 27.2 Å². The van der Waals surface area contributed by atoms with E-state index in [1.54, 1.807) is 19.1 Å². The lowest BCUT2D eigenvalue weighted by Gasteiger charge is -2.09. The topological polar surface area (TPSA) is 70.9 Å². The highest BCUT2D eigenvalue weighted by molar-refractivity contribution is 5.83. The molecule has 1 amide bonds. The lowest BCUT2D eigenvalue weighted by atomic mass is 10.1. The van der Waals surface area contributed by atoms with Gasteiger partial charge >= 0.3 is 0 Å². The van der Waals surface area contributed by atoms with Crippen molar-refractivity contribution in [2.24, 2.45) is 11.1 Å². The van der Waals surface area contributed by atoms with Crippen LogP contribution in [0, 0.1) is 5.92 Å². The van der Waals surface area contributed by atoms with Crippen molar-refractivity contribution in [3.8, 4) is 5.75 Å². The molecule has 110 valence electrons. The third-order valence-corrected chi connectivity index (χ3v) is 2.63. The van der Waals surface area contributed by atoms with Gasteiger partial charge in [-0.1, -0.05) is 31.1 Å². The molecule has 5 nitrogen and oxygen atoms in total. The van der Waals surface area contributed by atoms with Gasteiger partial charge in [0.2, 0.25) is 0 Å². The van der Waals surface area contributed by atoms with E-state index in [1.165, 1.54) is 0 Å². The van der Waals surface area contributed by atoms with Crippen LogP contribution in [0.5, 0.6) is 5.75 Å². The van der Waals surface area contributed by atoms with Gasteiger partial charge in [-0.3, -0.25) is 4.79 Å². The van der Waals surface area contributed by atoms with E-state index in [1.807, 2.05) is 26.0 Å². The fraction of sp³-hybridized carbons (Fsp3) is 0.467. The summed E-state index contributed by atoms with van der Waals surface area (Å²) in [5.74, 6) is 0.952. The standard InChI is InChI=1S/C15H22N2O3/c1-11(2)9-16-15(18)10-20-14-6-4-13(5-7-14)8-12(3)17-19/h4-7,11,19H,8-10H2,1-3H3,(H,16,18)/b17-12+. The molecule has 0 heterocycles. The molecule has 0 spiro atoms. The van der Waals surface area contributed by atoms with E-state index >= 15 is 0 Å². The minimum atomic E-state index is -0.119. The van der Waals surface area contributed by atoms with Crippen LogP contribution < -0.4 is 10.1 Å². The second-order valence-corrected chi connectivity index (χ2v) is 5.14. The van der Waals surface area contributed by atoms with E-state index in [-0.39, 0.29) is 12.5 Å². The number of oxime groups is 1. The van der Waals surface area contributed by atoms with Gasteiger partial charge in [-0.15, -0.1) is 0 Å². The maximum Gasteiger partial charge on any atom is 0.257 e. The first-order valence-corrected chi connectivity index (χ1v) is 6.67. The first kappa shape index (κ1) is 16.0. The second kappa shape index (κ2) is 8.19. The summed E-state index contributed by atoms with van der Waals surface area (Å²) in [4.78, 5) is 11.5. The Balaban J connectivity index is 2.40. The number of nitrogens with zero attached hydrogens (tertiary/aromatic N) is 1. The lowest BCUT2D eigenvalue weighted by Crippen LogP contribution is -2.31. The normalized spacial score (nSPS) is 11.5. The monoisotopic (exact) mass is 278 g/mol. The van der Waals surface area contributed by atoms with Crippen LogP contribution in [0.1, 0.15) is 26.3 Å². The summed E-state index contributed by atoms with van der Waals surface area (Å²) in [6, 6.07) is 7.37. The average Bonchev–Trinajstić information content (AvgIpc) is 2.44. The summed E-state index contributed by atoms with van der Waals surface area (Å²) >= 11 is 0. The van der Waals surface area contributed by atoms with Crippen LogP contribution in [0.15, 0.2) is 29.4 Å². The Labute approximate surface area is 119 Å². The summed E-state index contributed by atoms with van der Waals surface area (Å²) in [5.41, 5.74) is 1.67. The van der Waals surface area contributed by atoms with Gasteiger partial charge in [0.15, 0.2) is 6.61 Å². The van der Waals surface area contributed by atoms with Crippen LogP contribution in [0.25, 0.3) is 0 Å². The quantitative estimate of drug-likeness (QED) is 0.456. The molecule has 0 saturated heterocycles. The Hall–Kier alpha value is -2.04. The molecular formula is C15H22N2O3. The molecule has 2 N–H and O–H groups in total. The Morgan fingerprint density at radius 3 is 2.55 bits per heavy atom. The first-order chi connectivity index (χ1) is 9.51. The molecule has 0 bridgehead atoms. The molecule has 0 aromatic heterocycles. The van der Waals surface area contributed by atoms with Crippen LogP contribution in [0.2, 0.25) is 0 Å². The maximum atomic E-state index is 11.5. The summed E-state index contributed by atoms with van der Waals surface area (Å²) in [6.45, 7) is 6.50. The van der Waals surface area contributed by atoms with Crippen molar-refractivity contribution in [1.82, 2.24) is 5.32 Å². The highest BCUT2D eigenvalue weighted by atomic mass is 16.5. The summed E-state index contributed by atoms with van der Waals surface area (Å²) in [5, 5.41) is 14.5. The zero-order valence-corrected chi connectivity index (χ0v) is 12.2. The van der Waals surface area contributed by atoms with Crippen LogP contribution in [-0.2, 0) is 11.2 Å². The highest BCUT2D eigenvalue weighted by Crippen LogP contribution is 2.12. The second-order valence-electron chi connectivity index (χ2n) is 5.14. The number of benzene rings is 1. The fourth-order valence-electron chi connectivity index (χ4n) is 1.55. The molecule has 0 unspecified atom stereocenters. The Morgan fingerprint density at radius 1 is 1.35 bits per heavy atom. The van der Waals surface area contributed by atoms with E-state index in [2.05, 4.69) is 10.5 Å². The van der Waals surface area contributed by atoms with Gasteiger partial charge in [0.05, 0.1) is 5.71 Å². The minimum Gasteiger partial charge on any atom is -0.484 e. The SMILES string of the molecule is C/C(Cc1ccc(OCC(=O)NCC(C)C)cc1)=N\O. The van der Waals surface area contributed by atoms with E-state index in [4.69, 9.17) is 9.94 Å². The summed E-state index contributed by atoms with van der Waals surface area (Å²) in [7, 11) is 0. The Kier molecular flexibility index (Phi) is 6.56. The van der Waals surface area contributed by atoms with Crippen LogP contribution in [0.3, 0.4) is 0 Å². The first-order valence-electron chi connectivity index (χ1n) is 6.67. The van der Waals surface area contributed by atoms with E-state index in [9.17, 15) is 4.79 Å². The molecule has 5 heteroatoms. The van der Waals surface area contributed by atoms with Gasteiger partial charge in [0, 0.05) is 13.0 Å². The van der Waals surface area contributed by atoms with Gasteiger partial charge in [0.1, 0.15) is 5.75 Å². The predicted octanol–water partition coefficient (Wildman–Crippen LogP) is 2.23. The number of hydrogen-bond acceptors (Lipinski definition) is 4. The zero-order valence-electron chi connectivity index (χ0n) is 12.2. The lowest BCUT2D eigenvalue weighted by molar-refractivity contribution is -0.123. The highest BCUT2D eigenvalue weighted by Gasteiger charge is 2.04. The number of hydrogen-bond donors (Lipinski definition) is 2.